The van der Waals surface area contributed by atoms with Gasteiger partial charge in [-0.2, -0.15) is 0 Å². The molecule has 40 heavy (non-hydrogen) atoms. The second kappa shape index (κ2) is 14.6. The third-order valence-electron chi connectivity index (χ3n) is 6.35. The molecule has 7 nitrogen and oxygen atoms in total. The number of unbranched alkanes of at least 4 members (excludes halogenated alkanes) is 3. The molecule has 0 radical (unpaired) electrons. The van der Waals surface area contributed by atoms with Gasteiger partial charge in [0.1, 0.15) is 36.2 Å². The average Bonchev–Trinajstić information content (AvgIpc) is 3.34. The molecule has 1 heterocycles. The van der Waals surface area contributed by atoms with Crippen LogP contribution in [0.1, 0.15) is 61.1 Å². The van der Waals surface area contributed by atoms with Crippen LogP contribution in [0.15, 0.2) is 88.4 Å². The van der Waals surface area contributed by atoms with E-state index in [9.17, 15) is 9.18 Å². The SMILES string of the molecule is Cc1oc(-c2ccccc2)nc1COc1ccc(CO/N=C(/CCCCCCC(=O)O)c2ccc(F)cc2)cc1. The normalized spacial score (nSPS) is 11.4. The van der Waals surface area contributed by atoms with Gasteiger partial charge in [0.2, 0.25) is 5.89 Å². The second-order valence-corrected chi connectivity index (χ2v) is 9.45. The Morgan fingerprint density at radius 3 is 2.30 bits per heavy atom. The zero-order valence-electron chi connectivity index (χ0n) is 22.5. The van der Waals surface area contributed by atoms with Gasteiger partial charge in [-0.25, -0.2) is 9.37 Å². The number of nitrogens with zero attached hydrogens (tertiary/aromatic N) is 2. The molecule has 0 aliphatic heterocycles. The molecule has 0 aliphatic rings. The Bertz CT molecular complexity index is 1380. The standard InChI is InChI=1S/C32H33FN2O5/c1-23-30(34-32(40-23)26-9-5-4-6-10-26)22-38-28-19-13-24(14-20-28)21-39-35-29(25-15-17-27(33)18-16-25)11-7-2-3-8-12-31(36)37/h4-6,9-10,13-20H,2-3,7-8,11-12,21-22H2,1H3,(H,36,37)/b35-29-. The summed E-state index contributed by atoms with van der Waals surface area (Å²) in [6.45, 7) is 2.44. The zero-order chi connectivity index (χ0) is 28.2. The summed E-state index contributed by atoms with van der Waals surface area (Å²) >= 11 is 0. The molecule has 0 bridgehead atoms. The van der Waals surface area contributed by atoms with E-state index in [-0.39, 0.29) is 18.8 Å². The highest BCUT2D eigenvalue weighted by molar-refractivity contribution is 6.00. The topological polar surface area (TPSA) is 94.2 Å². The quantitative estimate of drug-likeness (QED) is 0.0936. The van der Waals surface area contributed by atoms with Gasteiger partial charge >= 0.3 is 5.97 Å². The molecule has 4 rings (SSSR count). The molecular formula is C32H33FN2O5. The Morgan fingerprint density at radius 1 is 0.900 bits per heavy atom. The first kappa shape index (κ1) is 28.5. The van der Waals surface area contributed by atoms with E-state index in [2.05, 4.69) is 10.1 Å². The van der Waals surface area contributed by atoms with Crippen molar-refractivity contribution in [2.75, 3.05) is 0 Å². The first-order chi connectivity index (χ1) is 19.5. The van der Waals surface area contributed by atoms with Crippen molar-refractivity contribution >= 4 is 11.7 Å². The number of rotatable bonds is 15. The first-order valence-corrected chi connectivity index (χ1v) is 13.4. The lowest BCUT2D eigenvalue weighted by molar-refractivity contribution is -0.137. The Balaban J connectivity index is 1.29. The molecule has 0 spiro atoms. The van der Waals surface area contributed by atoms with Crippen molar-refractivity contribution < 1.29 is 28.3 Å². The fourth-order valence-corrected chi connectivity index (χ4v) is 4.09. The number of carbonyl (C=O) groups is 1. The molecule has 4 aromatic rings. The summed E-state index contributed by atoms with van der Waals surface area (Å²) in [5.41, 5.74) is 4.12. The summed E-state index contributed by atoms with van der Waals surface area (Å²) in [7, 11) is 0. The van der Waals surface area contributed by atoms with Gasteiger partial charge in [-0.05, 0) is 73.7 Å². The Morgan fingerprint density at radius 2 is 1.60 bits per heavy atom. The number of oxime groups is 1. The number of carboxylic acid groups (broad SMARTS) is 1. The zero-order valence-corrected chi connectivity index (χ0v) is 22.5. The number of aliphatic carboxylic acids is 1. The third-order valence-corrected chi connectivity index (χ3v) is 6.35. The van der Waals surface area contributed by atoms with Gasteiger partial charge in [0.15, 0.2) is 0 Å². The molecule has 0 atom stereocenters. The number of ether oxygens (including phenoxy) is 1. The highest BCUT2D eigenvalue weighted by atomic mass is 19.1. The summed E-state index contributed by atoms with van der Waals surface area (Å²) < 4.78 is 25.1. The molecular weight excluding hydrogens is 511 g/mol. The van der Waals surface area contributed by atoms with E-state index in [4.69, 9.17) is 19.1 Å². The van der Waals surface area contributed by atoms with Crippen LogP contribution in [0.3, 0.4) is 0 Å². The van der Waals surface area contributed by atoms with Crippen molar-refractivity contribution in [3.63, 3.8) is 0 Å². The number of benzene rings is 3. The van der Waals surface area contributed by atoms with Crippen LogP contribution in [0, 0.1) is 12.7 Å². The summed E-state index contributed by atoms with van der Waals surface area (Å²) in [4.78, 5) is 20.9. The van der Waals surface area contributed by atoms with Crippen LogP contribution in [0.2, 0.25) is 0 Å². The first-order valence-electron chi connectivity index (χ1n) is 13.4. The minimum Gasteiger partial charge on any atom is -0.487 e. The Kier molecular flexibility index (Phi) is 10.4. The van der Waals surface area contributed by atoms with E-state index in [0.717, 1.165) is 53.1 Å². The molecule has 1 aromatic heterocycles. The van der Waals surface area contributed by atoms with E-state index in [1.54, 1.807) is 12.1 Å². The van der Waals surface area contributed by atoms with Gasteiger partial charge in [-0.1, -0.05) is 60.5 Å². The van der Waals surface area contributed by atoms with Gasteiger partial charge in [0, 0.05) is 12.0 Å². The van der Waals surface area contributed by atoms with Crippen LogP contribution in [-0.4, -0.2) is 21.8 Å². The molecule has 3 aromatic carbocycles. The van der Waals surface area contributed by atoms with Crippen LogP contribution in [0.25, 0.3) is 11.5 Å². The minimum atomic E-state index is -0.774. The lowest BCUT2D eigenvalue weighted by Crippen LogP contribution is -2.03. The largest absolute Gasteiger partial charge is 0.487 e. The molecule has 0 saturated carbocycles. The van der Waals surface area contributed by atoms with Crippen LogP contribution in [0.4, 0.5) is 4.39 Å². The summed E-state index contributed by atoms with van der Waals surface area (Å²) in [5, 5.41) is 13.1. The molecule has 0 fully saturated rings. The molecule has 0 aliphatic carbocycles. The highest BCUT2D eigenvalue weighted by Gasteiger charge is 2.12. The molecule has 1 N–H and O–H groups in total. The predicted molar refractivity (Wildman–Crippen MR) is 151 cm³/mol. The van der Waals surface area contributed by atoms with Crippen molar-refractivity contribution in [3.05, 3.63) is 107 Å². The van der Waals surface area contributed by atoms with Crippen LogP contribution < -0.4 is 4.74 Å². The van der Waals surface area contributed by atoms with Crippen LogP contribution >= 0.6 is 0 Å². The van der Waals surface area contributed by atoms with Gasteiger partial charge in [0.05, 0.1) is 5.71 Å². The predicted octanol–water partition coefficient (Wildman–Crippen LogP) is 7.71. The number of hydrogen-bond donors (Lipinski definition) is 1. The summed E-state index contributed by atoms with van der Waals surface area (Å²) in [6, 6.07) is 23.5. The maximum atomic E-state index is 13.4. The van der Waals surface area contributed by atoms with Gasteiger partial charge in [0.25, 0.3) is 0 Å². The maximum Gasteiger partial charge on any atom is 0.303 e. The van der Waals surface area contributed by atoms with E-state index in [0.29, 0.717) is 31.1 Å². The highest BCUT2D eigenvalue weighted by Crippen LogP contribution is 2.23. The molecule has 8 heteroatoms. The lowest BCUT2D eigenvalue weighted by Gasteiger charge is -2.09. The maximum absolute atomic E-state index is 13.4. The smallest absolute Gasteiger partial charge is 0.303 e. The van der Waals surface area contributed by atoms with Crippen molar-refractivity contribution in [2.24, 2.45) is 5.16 Å². The number of carboxylic acids is 1. The van der Waals surface area contributed by atoms with Crippen molar-refractivity contribution in [3.8, 4) is 17.2 Å². The van der Waals surface area contributed by atoms with Crippen molar-refractivity contribution in [2.45, 2.75) is 58.7 Å². The fraction of sp³-hybridized carbons (Fsp3) is 0.281. The lowest BCUT2D eigenvalue weighted by atomic mass is 10.0. The summed E-state index contributed by atoms with van der Waals surface area (Å²) in [5.74, 6) is 0.909. The third kappa shape index (κ3) is 8.80. The Labute approximate surface area is 233 Å². The monoisotopic (exact) mass is 544 g/mol. The average molecular weight is 545 g/mol. The number of hydrogen-bond acceptors (Lipinski definition) is 6. The van der Waals surface area contributed by atoms with Gasteiger partial charge < -0.3 is 19.1 Å². The van der Waals surface area contributed by atoms with E-state index >= 15 is 0 Å². The van der Waals surface area contributed by atoms with Crippen molar-refractivity contribution in [1.82, 2.24) is 4.98 Å². The summed E-state index contributed by atoms with van der Waals surface area (Å²) in [6.07, 6.45) is 4.05. The number of aryl methyl sites for hydroxylation is 1. The molecule has 0 unspecified atom stereocenters. The second-order valence-electron chi connectivity index (χ2n) is 9.45. The number of aromatic nitrogens is 1. The van der Waals surface area contributed by atoms with E-state index in [1.807, 2.05) is 61.5 Å². The van der Waals surface area contributed by atoms with Crippen LogP contribution in [0.5, 0.6) is 5.75 Å². The molecule has 0 amide bonds. The fourth-order valence-electron chi connectivity index (χ4n) is 4.09. The van der Waals surface area contributed by atoms with Crippen LogP contribution in [-0.2, 0) is 22.8 Å². The Hall–Kier alpha value is -4.46. The van der Waals surface area contributed by atoms with E-state index in [1.165, 1.54) is 12.1 Å². The van der Waals surface area contributed by atoms with Gasteiger partial charge in [-0.3, -0.25) is 4.79 Å². The van der Waals surface area contributed by atoms with Gasteiger partial charge in [-0.15, -0.1) is 0 Å². The molecule has 208 valence electrons. The molecule has 0 saturated heterocycles. The minimum absolute atomic E-state index is 0.181. The number of oxazole rings is 1. The van der Waals surface area contributed by atoms with Crippen molar-refractivity contribution in [1.29, 1.82) is 0 Å². The van der Waals surface area contributed by atoms with E-state index < -0.39 is 5.97 Å². The number of halogens is 1.